The molecule has 86 valence electrons. The molecule has 0 spiro atoms. The predicted molar refractivity (Wildman–Crippen MR) is 61.7 cm³/mol. The number of rotatable bonds is 6. The summed E-state index contributed by atoms with van der Waals surface area (Å²) in [6, 6.07) is 2.49. The summed E-state index contributed by atoms with van der Waals surface area (Å²) >= 11 is 0. The van der Waals surface area contributed by atoms with Gasteiger partial charge in [0.1, 0.15) is 0 Å². The second-order valence-corrected chi connectivity index (χ2v) is 4.43. The Hall–Kier alpha value is -0.830. The van der Waals surface area contributed by atoms with Crippen molar-refractivity contribution in [2.24, 2.45) is 5.92 Å². The number of nitrogens with zero attached hydrogens (tertiary/aromatic N) is 2. The monoisotopic (exact) mass is 210 g/mol. The van der Waals surface area contributed by atoms with Gasteiger partial charge in [0.25, 0.3) is 0 Å². The fraction of sp³-hybridized carbons (Fsp3) is 0.750. The second-order valence-electron chi connectivity index (χ2n) is 4.43. The molecule has 1 aromatic heterocycles. The average molecular weight is 210 g/mol. The summed E-state index contributed by atoms with van der Waals surface area (Å²) in [5, 5.41) is 4.32. The third-order valence-corrected chi connectivity index (χ3v) is 2.46. The highest BCUT2D eigenvalue weighted by molar-refractivity contribution is 5.00. The molecule has 3 nitrogen and oxygen atoms in total. The number of aromatic nitrogens is 2. The second kappa shape index (κ2) is 5.91. The fourth-order valence-corrected chi connectivity index (χ4v) is 1.42. The van der Waals surface area contributed by atoms with Crippen molar-refractivity contribution in [3.8, 4) is 0 Å². The molecule has 0 aliphatic heterocycles. The smallest absolute Gasteiger partial charge is 0.0885 e. The van der Waals surface area contributed by atoms with E-state index in [9.17, 15) is 0 Å². The van der Waals surface area contributed by atoms with Gasteiger partial charge >= 0.3 is 0 Å². The number of hydrogen-bond acceptors (Lipinski definition) is 2. The Kier molecular flexibility index (Phi) is 4.82. The highest BCUT2D eigenvalue weighted by Crippen LogP contribution is 2.13. The van der Waals surface area contributed by atoms with Crippen molar-refractivity contribution < 1.29 is 4.74 Å². The molecule has 0 aliphatic carbocycles. The summed E-state index contributed by atoms with van der Waals surface area (Å²) in [6.07, 6.45) is 2.94. The minimum Gasteiger partial charge on any atom is -0.375 e. The Morgan fingerprint density at radius 1 is 1.40 bits per heavy atom. The lowest BCUT2D eigenvalue weighted by Crippen LogP contribution is -2.11. The van der Waals surface area contributed by atoms with Crippen LogP contribution in [-0.4, -0.2) is 16.4 Å². The lowest BCUT2D eigenvalue weighted by Gasteiger charge is -2.14. The van der Waals surface area contributed by atoms with Gasteiger partial charge in [-0.15, -0.1) is 0 Å². The summed E-state index contributed by atoms with van der Waals surface area (Å²) in [6.45, 7) is 10.1. The maximum atomic E-state index is 5.61. The Labute approximate surface area is 92.4 Å². The molecule has 0 unspecified atom stereocenters. The zero-order valence-electron chi connectivity index (χ0n) is 10.2. The van der Waals surface area contributed by atoms with E-state index in [1.54, 1.807) is 0 Å². The van der Waals surface area contributed by atoms with E-state index in [0.29, 0.717) is 18.6 Å². The summed E-state index contributed by atoms with van der Waals surface area (Å²) in [7, 11) is 0. The fourth-order valence-electron chi connectivity index (χ4n) is 1.42. The standard InChI is InChI=1S/C12H22N2O/c1-5-11(4)14-12(6-7-13-14)9-15-8-10(2)3/h6-7,10-11H,5,8-9H2,1-4H3/t11-/m1/s1. The maximum absolute atomic E-state index is 5.61. The van der Waals surface area contributed by atoms with Crippen LogP contribution in [0.5, 0.6) is 0 Å². The largest absolute Gasteiger partial charge is 0.375 e. The van der Waals surface area contributed by atoms with Crippen LogP contribution in [0.15, 0.2) is 12.3 Å². The molecule has 1 rings (SSSR count). The Bertz CT molecular complexity index is 281. The van der Waals surface area contributed by atoms with Crippen LogP contribution >= 0.6 is 0 Å². The van der Waals surface area contributed by atoms with Crippen molar-refractivity contribution in [2.75, 3.05) is 6.61 Å². The zero-order valence-corrected chi connectivity index (χ0v) is 10.2. The summed E-state index contributed by atoms with van der Waals surface area (Å²) in [5.74, 6) is 0.588. The van der Waals surface area contributed by atoms with E-state index in [1.807, 2.05) is 12.3 Å². The topological polar surface area (TPSA) is 27.1 Å². The molecule has 1 aromatic rings. The predicted octanol–water partition coefficient (Wildman–Crippen LogP) is 3.03. The minimum absolute atomic E-state index is 0.456. The van der Waals surface area contributed by atoms with E-state index >= 15 is 0 Å². The van der Waals surface area contributed by atoms with Crippen LogP contribution in [0.2, 0.25) is 0 Å². The third-order valence-electron chi connectivity index (χ3n) is 2.46. The van der Waals surface area contributed by atoms with E-state index in [4.69, 9.17) is 4.74 Å². The molecule has 15 heavy (non-hydrogen) atoms. The van der Waals surface area contributed by atoms with Crippen molar-refractivity contribution >= 4 is 0 Å². The van der Waals surface area contributed by atoms with Gasteiger partial charge in [0.15, 0.2) is 0 Å². The van der Waals surface area contributed by atoms with Crippen molar-refractivity contribution in [3.63, 3.8) is 0 Å². The molecule has 0 saturated carbocycles. The van der Waals surface area contributed by atoms with Crippen molar-refractivity contribution in [1.29, 1.82) is 0 Å². The molecule has 0 aliphatic rings. The van der Waals surface area contributed by atoms with Gasteiger partial charge in [-0.1, -0.05) is 20.8 Å². The van der Waals surface area contributed by atoms with Crippen LogP contribution in [0.3, 0.4) is 0 Å². The SMILES string of the molecule is CC[C@@H](C)n1nccc1COCC(C)C. The lowest BCUT2D eigenvalue weighted by molar-refractivity contribution is 0.0909. The Morgan fingerprint density at radius 2 is 2.13 bits per heavy atom. The molecule has 0 bridgehead atoms. The van der Waals surface area contributed by atoms with Gasteiger partial charge in [0, 0.05) is 18.8 Å². The highest BCUT2D eigenvalue weighted by Gasteiger charge is 2.08. The van der Waals surface area contributed by atoms with Crippen LogP contribution in [0, 0.1) is 5.92 Å². The van der Waals surface area contributed by atoms with Crippen LogP contribution in [0.25, 0.3) is 0 Å². The molecule has 0 radical (unpaired) electrons. The van der Waals surface area contributed by atoms with Gasteiger partial charge in [0.2, 0.25) is 0 Å². The van der Waals surface area contributed by atoms with E-state index in [1.165, 1.54) is 5.69 Å². The Morgan fingerprint density at radius 3 is 2.73 bits per heavy atom. The van der Waals surface area contributed by atoms with Crippen molar-refractivity contribution in [2.45, 2.75) is 46.8 Å². The Balaban J connectivity index is 2.50. The van der Waals surface area contributed by atoms with Gasteiger partial charge in [-0.2, -0.15) is 5.10 Å². The van der Waals surface area contributed by atoms with E-state index in [2.05, 4.69) is 37.5 Å². The molecule has 0 aromatic carbocycles. The van der Waals surface area contributed by atoms with Crippen molar-refractivity contribution in [1.82, 2.24) is 9.78 Å². The summed E-state index contributed by atoms with van der Waals surface area (Å²) in [5.41, 5.74) is 1.17. The molecule has 0 fully saturated rings. The van der Waals surface area contributed by atoms with E-state index in [-0.39, 0.29) is 0 Å². The summed E-state index contributed by atoms with van der Waals surface area (Å²) in [4.78, 5) is 0. The van der Waals surface area contributed by atoms with Crippen LogP contribution in [0.1, 0.15) is 45.9 Å². The van der Waals surface area contributed by atoms with Crippen LogP contribution in [-0.2, 0) is 11.3 Å². The number of ether oxygens (including phenoxy) is 1. The van der Waals surface area contributed by atoms with Gasteiger partial charge in [-0.05, 0) is 25.3 Å². The van der Waals surface area contributed by atoms with Gasteiger partial charge in [0.05, 0.1) is 12.3 Å². The number of hydrogen-bond donors (Lipinski definition) is 0. The van der Waals surface area contributed by atoms with Crippen LogP contribution in [0.4, 0.5) is 0 Å². The molecule has 0 saturated heterocycles. The van der Waals surface area contributed by atoms with Gasteiger partial charge < -0.3 is 4.74 Å². The lowest BCUT2D eigenvalue weighted by atomic mass is 10.2. The maximum Gasteiger partial charge on any atom is 0.0885 e. The molecular weight excluding hydrogens is 188 g/mol. The zero-order chi connectivity index (χ0) is 11.3. The van der Waals surface area contributed by atoms with Crippen molar-refractivity contribution in [3.05, 3.63) is 18.0 Å². The summed E-state index contributed by atoms with van der Waals surface area (Å²) < 4.78 is 7.67. The molecule has 3 heteroatoms. The first-order valence-electron chi connectivity index (χ1n) is 5.75. The molecule has 1 heterocycles. The van der Waals surface area contributed by atoms with Gasteiger partial charge in [-0.3, -0.25) is 4.68 Å². The molecule has 0 N–H and O–H groups in total. The van der Waals surface area contributed by atoms with E-state index < -0.39 is 0 Å². The quantitative estimate of drug-likeness (QED) is 0.721. The van der Waals surface area contributed by atoms with Gasteiger partial charge in [-0.25, -0.2) is 0 Å². The first kappa shape index (κ1) is 12.2. The average Bonchev–Trinajstić information content (AvgIpc) is 2.64. The van der Waals surface area contributed by atoms with Crippen LogP contribution < -0.4 is 0 Å². The highest BCUT2D eigenvalue weighted by atomic mass is 16.5. The first-order chi connectivity index (χ1) is 7.15. The first-order valence-corrected chi connectivity index (χ1v) is 5.75. The minimum atomic E-state index is 0.456. The molecule has 1 atom stereocenters. The van der Waals surface area contributed by atoms with E-state index in [0.717, 1.165) is 13.0 Å². The molecular formula is C12H22N2O. The normalized spacial score (nSPS) is 13.4. The molecule has 0 amide bonds. The third kappa shape index (κ3) is 3.67.